The molecule has 0 saturated heterocycles. The molecule has 0 bridgehead atoms. The van der Waals surface area contributed by atoms with Crippen molar-refractivity contribution < 1.29 is 14.4 Å². The van der Waals surface area contributed by atoms with Crippen LogP contribution in [0.15, 0.2) is 23.8 Å². The fourth-order valence-electron chi connectivity index (χ4n) is 1.000. The maximum Gasteiger partial charge on any atom is 0.352 e. The van der Waals surface area contributed by atoms with E-state index in [1.54, 1.807) is 31.3 Å². The fourth-order valence-corrected chi connectivity index (χ4v) is 1.000. The summed E-state index contributed by atoms with van der Waals surface area (Å²) in [6, 6.07) is 0. The van der Waals surface area contributed by atoms with Gasteiger partial charge in [0.05, 0.1) is 0 Å². The molecule has 1 radical (unpaired) electrons. The molecule has 0 aromatic carbocycles. The van der Waals surface area contributed by atoms with Gasteiger partial charge in [-0.2, -0.15) is 0 Å². The zero-order valence-electron chi connectivity index (χ0n) is 12.0. The molecule has 0 aliphatic carbocycles. The molecule has 103 valence electrons. The smallest absolute Gasteiger partial charge is 0.352 e. The molecule has 0 N–H and O–H groups in total. The molecule has 0 aromatic rings. The van der Waals surface area contributed by atoms with E-state index in [9.17, 15) is 9.59 Å². The summed E-state index contributed by atoms with van der Waals surface area (Å²) in [6.07, 6.45) is 7.27. The average Bonchev–Trinajstić information content (AvgIpc) is 2.37. The highest BCUT2D eigenvalue weighted by molar-refractivity contribution is 5.87. The van der Waals surface area contributed by atoms with Crippen LogP contribution in [0.5, 0.6) is 0 Å². The van der Waals surface area contributed by atoms with Crippen molar-refractivity contribution in [2.75, 3.05) is 13.1 Å². The lowest BCUT2D eigenvalue weighted by atomic mass is 10.2. The maximum absolute atomic E-state index is 11.3. The van der Waals surface area contributed by atoms with E-state index in [-0.39, 0.29) is 5.97 Å². The van der Waals surface area contributed by atoms with E-state index in [1.807, 2.05) is 26.8 Å². The average molecular weight is 254 g/mol. The minimum atomic E-state index is -0.245. The Balaban J connectivity index is 0. The number of carbonyl (C=O) groups is 1. The van der Waals surface area contributed by atoms with E-state index >= 15 is 0 Å². The monoisotopic (exact) mass is 254 g/mol. The van der Waals surface area contributed by atoms with Crippen LogP contribution in [-0.2, 0) is 14.4 Å². The van der Waals surface area contributed by atoms with Crippen LogP contribution in [0.4, 0.5) is 0 Å². The first-order valence-corrected chi connectivity index (χ1v) is 6.20. The summed E-state index contributed by atoms with van der Waals surface area (Å²) in [4.78, 5) is 25.6. The van der Waals surface area contributed by atoms with Gasteiger partial charge in [0, 0.05) is 18.7 Å². The molecule has 0 aliphatic rings. The predicted octanol–water partition coefficient (Wildman–Crippen LogP) is 2.81. The van der Waals surface area contributed by atoms with E-state index in [1.165, 1.54) is 6.08 Å². The minimum Gasteiger partial charge on any atom is -0.364 e. The van der Waals surface area contributed by atoms with Crippen molar-refractivity contribution >= 4 is 12.3 Å². The van der Waals surface area contributed by atoms with Gasteiger partial charge in [0.15, 0.2) is 0 Å². The zero-order valence-corrected chi connectivity index (χ0v) is 12.0. The largest absolute Gasteiger partial charge is 0.364 e. The van der Waals surface area contributed by atoms with Crippen LogP contribution in [0.3, 0.4) is 0 Å². The van der Waals surface area contributed by atoms with Crippen molar-refractivity contribution in [1.82, 2.24) is 5.06 Å². The van der Waals surface area contributed by atoms with Gasteiger partial charge in [-0.15, -0.1) is 5.06 Å². The van der Waals surface area contributed by atoms with Crippen molar-refractivity contribution in [3.63, 3.8) is 0 Å². The summed E-state index contributed by atoms with van der Waals surface area (Å²) in [5, 5.41) is 1.63. The summed E-state index contributed by atoms with van der Waals surface area (Å²) < 4.78 is 0. The second-order valence-electron chi connectivity index (χ2n) is 3.41. The summed E-state index contributed by atoms with van der Waals surface area (Å²) in [7, 11) is 0. The Morgan fingerprint density at radius 1 is 1.28 bits per heavy atom. The van der Waals surface area contributed by atoms with Gasteiger partial charge in [-0.1, -0.05) is 19.1 Å². The van der Waals surface area contributed by atoms with E-state index in [2.05, 4.69) is 0 Å². The van der Waals surface area contributed by atoms with E-state index < -0.39 is 0 Å². The number of hydroxylamine groups is 2. The highest BCUT2D eigenvalue weighted by Crippen LogP contribution is 2.01. The number of hydrogen-bond donors (Lipinski definition) is 0. The van der Waals surface area contributed by atoms with Gasteiger partial charge in [-0.25, -0.2) is 4.79 Å². The van der Waals surface area contributed by atoms with Crippen molar-refractivity contribution in [2.24, 2.45) is 0 Å². The third-order valence-corrected chi connectivity index (χ3v) is 1.98. The Kier molecular flexibility index (Phi) is 14.4. The highest BCUT2D eigenvalue weighted by atomic mass is 16.7. The standard InChI is InChI=1S/C10H19NO2.C4H5O/c1-5-8-9(4)10(12)13-11(6-2)7-3;1-2-3-4-5/h8H,5-7H2,1-4H3;2-3H,1H3. The first kappa shape index (κ1) is 18.9. The van der Waals surface area contributed by atoms with Crippen molar-refractivity contribution in [1.29, 1.82) is 0 Å². The third-order valence-electron chi connectivity index (χ3n) is 1.98. The molecule has 0 aliphatic heterocycles. The van der Waals surface area contributed by atoms with Gasteiger partial charge < -0.3 is 4.84 Å². The van der Waals surface area contributed by atoms with Crippen molar-refractivity contribution in [3.8, 4) is 0 Å². The molecule has 0 rings (SSSR count). The summed E-state index contributed by atoms with van der Waals surface area (Å²) >= 11 is 0. The molecule has 0 atom stereocenters. The molecule has 0 fully saturated rings. The van der Waals surface area contributed by atoms with E-state index in [0.29, 0.717) is 5.57 Å². The minimum absolute atomic E-state index is 0.245. The van der Waals surface area contributed by atoms with Crippen molar-refractivity contribution in [3.05, 3.63) is 23.8 Å². The van der Waals surface area contributed by atoms with Gasteiger partial charge in [0.25, 0.3) is 0 Å². The Morgan fingerprint density at radius 2 is 1.83 bits per heavy atom. The number of carbonyl (C=O) groups excluding carboxylic acids is 2. The highest BCUT2D eigenvalue weighted by Gasteiger charge is 2.09. The van der Waals surface area contributed by atoms with Gasteiger partial charge in [0.2, 0.25) is 6.29 Å². The molecule has 0 aromatic heterocycles. The second-order valence-corrected chi connectivity index (χ2v) is 3.41. The van der Waals surface area contributed by atoms with Crippen LogP contribution in [0, 0.1) is 0 Å². The molecular formula is C14H24NO3. The number of hydrogen-bond acceptors (Lipinski definition) is 4. The molecule has 0 spiro atoms. The van der Waals surface area contributed by atoms with Crippen LogP contribution in [0.1, 0.15) is 41.0 Å². The Bertz CT molecular complexity index is 279. The predicted molar refractivity (Wildman–Crippen MR) is 73.6 cm³/mol. The van der Waals surface area contributed by atoms with Gasteiger partial charge in [-0.05, 0) is 40.2 Å². The summed E-state index contributed by atoms with van der Waals surface area (Å²) in [5.74, 6) is -0.245. The maximum atomic E-state index is 11.3. The number of rotatable bonds is 6. The molecule has 18 heavy (non-hydrogen) atoms. The van der Waals surface area contributed by atoms with Crippen LogP contribution in [0.2, 0.25) is 0 Å². The SMILES string of the molecule is CC=C[C]=O.CCC=C(C)C(=O)ON(CC)CC. The van der Waals surface area contributed by atoms with E-state index in [4.69, 9.17) is 4.84 Å². The Hall–Kier alpha value is -1.42. The molecular weight excluding hydrogens is 230 g/mol. The number of nitrogens with zero attached hydrogens (tertiary/aromatic N) is 1. The fraction of sp³-hybridized carbons (Fsp3) is 0.571. The van der Waals surface area contributed by atoms with Gasteiger partial charge >= 0.3 is 5.97 Å². The molecule has 0 unspecified atom stereocenters. The topological polar surface area (TPSA) is 46.6 Å². The molecule has 0 saturated carbocycles. The molecule has 0 amide bonds. The van der Waals surface area contributed by atoms with Crippen LogP contribution in [0.25, 0.3) is 0 Å². The Morgan fingerprint density at radius 3 is 2.11 bits per heavy atom. The number of allylic oxidation sites excluding steroid dienone is 3. The quantitative estimate of drug-likeness (QED) is 0.540. The lowest BCUT2D eigenvalue weighted by Gasteiger charge is -2.17. The first-order valence-electron chi connectivity index (χ1n) is 6.20. The lowest BCUT2D eigenvalue weighted by molar-refractivity contribution is -0.183. The Labute approximate surface area is 110 Å². The molecule has 4 heteroatoms. The van der Waals surface area contributed by atoms with Gasteiger partial charge in [-0.3, -0.25) is 4.79 Å². The summed E-state index contributed by atoms with van der Waals surface area (Å²) in [5.41, 5.74) is 0.675. The van der Waals surface area contributed by atoms with Crippen LogP contribution >= 0.6 is 0 Å². The molecule has 4 nitrogen and oxygen atoms in total. The van der Waals surface area contributed by atoms with Gasteiger partial charge in [0.1, 0.15) is 0 Å². The lowest BCUT2D eigenvalue weighted by Crippen LogP contribution is -2.27. The van der Waals surface area contributed by atoms with Crippen molar-refractivity contribution in [2.45, 2.75) is 41.0 Å². The summed E-state index contributed by atoms with van der Waals surface area (Å²) in [6.45, 7) is 10.9. The van der Waals surface area contributed by atoms with Crippen LogP contribution in [-0.4, -0.2) is 30.4 Å². The van der Waals surface area contributed by atoms with Crippen LogP contribution < -0.4 is 0 Å². The second kappa shape index (κ2) is 13.6. The molecule has 0 heterocycles. The normalized spacial score (nSPS) is 11.1. The first-order chi connectivity index (χ1) is 8.56. The van der Waals surface area contributed by atoms with E-state index in [0.717, 1.165) is 19.5 Å². The zero-order chi connectivity index (χ0) is 14.4. The third kappa shape index (κ3) is 11.1.